The van der Waals surface area contributed by atoms with Crippen molar-refractivity contribution in [2.45, 2.75) is 39.2 Å². The number of carbonyl (C=O) groups is 2. The lowest BCUT2D eigenvalue weighted by atomic mass is 10.2. The maximum atomic E-state index is 11.2. The summed E-state index contributed by atoms with van der Waals surface area (Å²) in [6, 6.07) is 0. The smallest absolute Gasteiger partial charge is 0.407 e. The van der Waals surface area contributed by atoms with Crippen molar-refractivity contribution in [3.05, 3.63) is 0 Å². The van der Waals surface area contributed by atoms with Crippen molar-refractivity contribution in [1.29, 1.82) is 0 Å². The van der Waals surface area contributed by atoms with E-state index >= 15 is 0 Å². The predicted molar refractivity (Wildman–Crippen MR) is 65.5 cm³/mol. The maximum absolute atomic E-state index is 11.2. The molecule has 0 aliphatic carbocycles. The average molecular weight is 245 g/mol. The molecule has 0 aliphatic heterocycles. The Hall–Kier alpha value is -1.30. The van der Waals surface area contributed by atoms with Crippen molar-refractivity contribution in [2.24, 2.45) is 5.73 Å². The SMILES string of the molecule is CC(C)(C)OC(=O)NCCCNC(=O)CCN. The third kappa shape index (κ3) is 11.0. The van der Waals surface area contributed by atoms with Gasteiger partial charge in [0.15, 0.2) is 0 Å². The molecule has 0 saturated heterocycles. The minimum Gasteiger partial charge on any atom is -0.444 e. The van der Waals surface area contributed by atoms with E-state index in [1.165, 1.54) is 0 Å². The van der Waals surface area contributed by atoms with E-state index in [1.807, 2.05) is 0 Å². The minimum atomic E-state index is -0.487. The number of alkyl carbamates (subject to hydrolysis) is 1. The first kappa shape index (κ1) is 15.7. The van der Waals surface area contributed by atoms with Crippen molar-refractivity contribution >= 4 is 12.0 Å². The van der Waals surface area contributed by atoms with Gasteiger partial charge in [0.2, 0.25) is 5.91 Å². The van der Waals surface area contributed by atoms with E-state index in [0.29, 0.717) is 32.5 Å². The maximum Gasteiger partial charge on any atom is 0.407 e. The van der Waals surface area contributed by atoms with Gasteiger partial charge in [0, 0.05) is 26.1 Å². The summed E-state index contributed by atoms with van der Waals surface area (Å²) in [4.78, 5) is 22.2. The van der Waals surface area contributed by atoms with Crippen LogP contribution in [0.4, 0.5) is 4.79 Å². The van der Waals surface area contributed by atoms with Gasteiger partial charge >= 0.3 is 6.09 Å². The molecule has 0 bridgehead atoms. The number of hydrogen-bond donors (Lipinski definition) is 3. The molecule has 4 N–H and O–H groups in total. The van der Waals surface area contributed by atoms with Crippen molar-refractivity contribution in [3.63, 3.8) is 0 Å². The zero-order chi connectivity index (χ0) is 13.3. The fourth-order valence-corrected chi connectivity index (χ4v) is 1.04. The normalized spacial score (nSPS) is 10.8. The van der Waals surface area contributed by atoms with Crippen LogP contribution in [0.3, 0.4) is 0 Å². The first-order valence-electron chi connectivity index (χ1n) is 5.79. The topological polar surface area (TPSA) is 93.5 Å². The Morgan fingerprint density at radius 3 is 2.29 bits per heavy atom. The Labute approximate surface area is 102 Å². The Bertz CT molecular complexity index is 249. The van der Waals surface area contributed by atoms with Gasteiger partial charge in [-0.2, -0.15) is 0 Å². The van der Waals surface area contributed by atoms with Crippen LogP contribution in [-0.4, -0.2) is 37.2 Å². The number of nitrogens with two attached hydrogens (primary N) is 1. The van der Waals surface area contributed by atoms with Crippen LogP contribution in [0.1, 0.15) is 33.6 Å². The fraction of sp³-hybridized carbons (Fsp3) is 0.818. The summed E-state index contributed by atoms with van der Waals surface area (Å²) in [7, 11) is 0. The molecule has 17 heavy (non-hydrogen) atoms. The molecule has 0 atom stereocenters. The van der Waals surface area contributed by atoms with Gasteiger partial charge < -0.3 is 21.1 Å². The Morgan fingerprint density at radius 1 is 1.18 bits per heavy atom. The number of hydrogen-bond acceptors (Lipinski definition) is 4. The molecule has 0 rings (SSSR count). The van der Waals surface area contributed by atoms with Crippen molar-refractivity contribution < 1.29 is 14.3 Å². The lowest BCUT2D eigenvalue weighted by Gasteiger charge is -2.19. The third-order valence-electron chi connectivity index (χ3n) is 1.72. The second-order valence-corrected chi connectivity index (χ2v) is 4.67. The molecule has 0 unspecified atom stereocenters. The van der Waals surface area contributed by atoms with E-state index in [1.54, 1.807) is 20.8 Å². The van der Waals surface area contributed by atoms with Gasteiger partial charge in [-0.1, -0.05) is 0 Å². The fourth-order valence-electron chi connectivity index (χ4n) is 1.04. The first-order chi connectivity index (χ1) is 7.85. The molecule has 0 aromatic heterocycles. The zero-order valence-corrected chi connectivity index (χ0v) is 10.8. The first-order valence-corrected chi connectivity index (χ1v) is 5.79. The lowest BCUT2D eigenvalue weighted by molar-refractivity contribution is -0.120. The zero-order valence-electron chi connectivity index (χ0n) is 10.8. The molecule has 0 aromatic carbocycles. The average Bonchev–Trinajstić information content (AvgIpc) is 2.14. The van der Waals surface area contributed by atoms with Crippen LogP contribution in [0.2, 0.25) is 0 Å². The third-order valence-corrected chi connectivity index (χ3v) is 1.72. The highest BCUT2D eigenvalue weighted by Gasteiger charge is 2.15. The van der Waals surface area contributed by atoms with Gasteiger partial charge in [-0.05, 0) is 27.2 Å². The summed E-state index contributed by atoms with van der Waals surface area (Å²) in [5.74, 6) is -0.0650. The van der Waals surface area contributed by atoms with Gasteiger partial charge in [0.25, 0.3) is 0 Å². The molecule has 0 heterocycles. The highest BCUT2D eigenvalue weighted by molar-refractivity contribution is 5.75. The quantitative estimate of drug-likeness (QED) is 0.589. The molecular weight excluding hydrogens is 222 g/mol. The monoisotopic (exact) mass is 245 g/mol. The summed E-state index contributed by atoms with van der Waals surface area (Å²) in [5, 5.41) is 5.30. The summed E-state index contributed by atoms with van der Waals surface area (Å²) < 4.78 is 5.05. The number of rotatable bonds is 6. The molecule has 6 heteroatoms. The molecule has 0 saturated carbocycles. The molecule has 0 aliphatic rings. The van der Waals surface area contributed by atoms with E-state index in [9.17, 15) is 9.59 Å². The van der Waals surface area contributed by atoms with E-state index in [4.69, 9.17) is 10.5 Å². The van der Waals surface area contributed by atoms with E-state index in [2.05, 4.69) is 10.6 Å². The second kappa shape index (κ2) is 7.89. The molecule has 0 radical (unpaired) electrons. The number of nitrogens with one attached hydrogen (secondary N) is 2. The van der Waals surface area contributed by atoms with Gasteiger partial charge in [-0.3, -0.25) is 4.79 Å². The Balaban J connectivity index is 3.46. The van der Waals surface area contributed by atoms with Gasteiger partial charge in [0.05, 0.1) is 0 Å². The largest absolute Gasteiger partial charge is 0.444 e. The highest BCUT2D eigenvalue weighted by Crippen LogP contribution is 2.06. The standard InChI is InChI=1S/C11H23N3O3/c1-11(2,3)17-10(16)14-8-4-7-13-9(15)5-6-12/h4-8,12H2,1-3H3,(H,13,15)(H,14,16). The van der Waals surface area contributed by atoms with Crippen molar-refractivity contribution in [3.8, 4) is 0 Å². The van der Waals surface area contributed by atoms with Crippen molar-refractivity contribution in [2.75, 3.05) is 19.6 Å². The number of amides is 2. The number of carbonyl (C=O) groups excluding carboxylic acids is 2. The summed E-state index contributed by atoms with van der Waals surface area (Å²) in [6.45, 7) is 6.76. The van der Waals surface area contributed by atoms with E-state index in [-0.39, 0.29) is 5.91 Å². The van der Waals surface area contributed by atoms with Crippen molar-refractivity contribution in [1.82, 2.24) is 10.6 Å². The minimum absolute atomic E-state index is 0.0650. The number of ether oxygens (including phenoxy) is 1. The lowest BCUT2D eigenvalue weighted by Crippen LogP contribution is -2.34. The Kier molecular flexibility index (Phi) is 7.29. The molecule has 6 nitrogen and oxygen atoms in total. The van der Waals surface area contributed by atoms with Crippen LogP contribution in [0.5, 0.6) is 0 Å². The second-order valence-electron chi connectivity index (χ2n) is 4.67. The predicted octanol–water partition coefficient (Wildman–Crippen LogP) is 0.366. The summed E-state index contributed by atoms with van der Waals surface area (Å²) >= 11 is 0. The molecule has 0 fully saturated rings. The molecular formula is C11H23N3O3. The van der Waals surface area contributed by atoms with Crippen LogP contribution < -0.4 is 16.4 Å². The van der Waals surface area contributed by atoms with E-state index < -0.39 is 11.7 Å². The molecule has 0 aromatic rings. The van der Waals surface area contributed by atoms with Gasteiger partial charge in [0.1, 0.15) is 5.60 Å². The molecule has 100 valence electrons. The van der Waals surface area contributed by atoms with E-state index in [0.717, 1.165) is 0 Å². The van der Waals surface area contributed by atoms with Crippen LogP contribution >= 0.6 is 0 Å². The molecule has 2 amide bonds. The van der Waals surface area contributed by atoms with Crippen LogP contribution in [0.15, 0.2) is 0 Å². The van der Waals surface area contributed by atoms with Crippen LogP contribution in [0, 0.1) is 0 Å². The van der Waals surface area contributed by atoms with Crippen LogP contribution in [-0.2, 0) is 9.53 Å². The van der Waals surface area contributed by atoms with Crippen LogP contribution in [0.25, 0.3) is 0 Å². The Morgan fingerprint density at radius 2 is 1.76 bits per heavy atom. The summed E-state index contributed by atoms with van der Waals surface area (Å²) in [5.41, 5.74) is 4.74. The van der Waals surface area contributed by atoms with Gasteiger partial charge in [-0.25, -0.2) is 4.79 Å². The molecule has 0 spiro atoms. The highest BCUT2D eigenvalue weighted by atomic mass is 16.6. The van der Waals surface area contributed by atoms with Gasteiger partial charge in [-0.15, -0.1) is 0 Å². The summed E-state index contributed by atoms with van der Waals surface area (Å²) in [6.07, 6.45) is 0.556.